The Labute approximate surface area is 84.3 Å². The molecule has 0 heterocycles. The second kappa shape index (κ2) is 7.04. The minimum absolute atomic E-state index is 0. The smallest absolute Gasteiger partial charge is 0.281 e. The van der Waals surface area contributed by atoms with E-state index >= 15 is 0 Å². The maximum absolute atomic E-state index is 9.34. The van der Waals surface area contributed by atoms with Crippen LogP contribution in [0.4, 0.5) is 0 Å². The minimum atomic E-state index is -4.67. The van der Waals surface area contributed by atoms with Crippen molar-refractivity contribution in [1.82, 2.24) is 0 Å². The van der Waals surface area contributed by atoms with Crippen molar-refractivity contribution in [1.29, 1.82) is 5.26 Å². The van der Waals surface area contributed by atoms with Gasteiger partial charge in [0.2, 0.25) is 0 Å². The van der Waals surface area contributed by atoms with Gasteiger partial charge in [-0.3, -0.25) is 17.8 Å². The van der Waals surface area contributed by atoms with Crippen LogP contribution in [0.3, 0.4) is 0 Å². The normalized spacial score (nSPS) is 9.69. The van der Waals surface area contributed by atoms with E-state index in [4.69, 9.17) is 27.3 Å². The molecule has 0 aliphatic rings. The average Bonchev–Trinajstić information content (AvgIpc) is 1.54. The number of hydrogen-bond acceptors (Lipinski definition) is 6. The molecule has 0 aliphatic heterocycles. The van der Waals surface area contributed by atoms with Gasteiger partial charge >= 0.3 is 27.1 Å². The molecule has 0 aromatic rings. The van der Waals surface area contributed by atoms with Gasteiger partial charge in [0.15, 0.2) is 0 Å². The average molecular weight is 277 g/mol. The standard InChI is InChI=1S/CHNO4S.Fe.H2O4S/c2-1-6-7(3,4)5;;1-5(2,3)4/h(H,3,4,5);;(H2,1,2,3,4). The summed E-state index contributed by atoms with van der Waals surface area (Å²) in [7, 11) is -9.20. The number of hydrogen-bond donors (Lipinski definition) is 3. The first-order chi connectivity index (χ1) is 5.06. The van der Waals surface area contributed by atoms with Gasteiger partial charge in [-0.05, 0) is 0 Å². The molecule has 0 spiro atoms. The zero-order chi connectivity index (χ0) is 10.4. The predicted molar refractivity (Wildman–Crippen MR) is 32.4 cm³/mol. The summed E-state index contributed by atoms with van der Waals surface area (Å²) in [6.07, 6.45) is 0.770. The van der Waals surface area contributed by atoms with Gasteiger partial charge in [0.1, 0.15) is 0 Å². The van der Waals surface area contributed by atoms with E-state index in [9.17, 15) is 8.42 Å². The summed E-state index contributed by atoms with van der Waals surface area (Å²) in [5, 5.41) is 7.39. The van der Waals surface area contributed by atoms with Crippen LogP contribution in [0.1, 0.15) is 0 Å². The van der Waals surface area contributed by atoms with Crippen LogP contribution in [0.2, 0.25) is 0 Å². The van der Waals surface area contributed by atoms with Gasteiger partial charge in [0.25, 0.3) is 0 Å². The van der Waals surface area contributed by atoms with E-state index in [0.717, 1.165) is 6.26 Å². The Morgan fingerprint density at radius 3 is 1.31 bits per heavy atom. The molecule has 0 saturated heterocycles. The molecule has 3 N–H and O–H groups in total. The topological polar surface area (TPSA) is 162 Å². The first-order valence-electron chi connectivity index (χ1n) is 1.81. The van der Waals surface area contributed by atoms with E-state index in [-0.39, 0.29) is 17.1 Å². The van der Waals surface area contributed by atoms with Crippen molar-refractivity contribution in [3.8, 4) is 6.26 Å². The van der Waals surface area contributed by atoms with Crippen molar-refractivity contribution in [2.45, 2.75) is 0 Å². The zero-order valence-electron chi connectivity index (χ0n) is 5.50. The summed E-state index contributed by atoms with van der Waals surface area (Å²) in [6, 6.07) is 0. The molecule has 0 aromatic carbocycles. The molecule has 0 unspecified atom stereocenters. The van der Waals surface area contributed by atoms with Crippen molar-refractivity contribution < 1.29 is 51.7 Å². The first kappa shape index (κ1) is 18.4. The van der Waals surface area contributed by atoms with Crippen LogP contribution < -0.4 is 0 Å². The molecular formula is CH3FeNO8S2. The van der Waals surface area contributed by atoms with E-state index in [1.54, 1.807) is 0 Å². The van der Waals surface area contributed by atoms with Gasteiger partial charge in [0.05, 0.1) is 0 Å². The Hall–Kier alpha value is -0.411. The largest absolute Gasteiger partial charge is 0.456 e. The third kappa shape index (κ3) is 82.7. The number of rotatable bonds is 1. The van der Waals surface area contributed by atoms with Crippen LogP contribution in [-0.4, -0.2) is 30.5 Å². The Morgan fingerprint density at radius 2 is 1.31 bits per heavy atom. The molecule has 0 atom stereocenters. The van der Waals surface area contributed by atoms with Crippen LogP contribution in [-0.2, 0) is 42.0 Å². The third-order valence-corrected chi connectivity index (χ3v) is 0.428. The molecule has 13 heavy (non-hydrogen) atoms. The maximum atomic E-state index is 9.34. The van der Waals surface area contributed by atoms with E-state index in [1.165, 1.54) is 0 Å². The van der Waals surface area contributed by atoms with Crippen molar-refractivity contribution in [2.24, 2.45) is 0 Å². The number of nitrogens with zero attached hydrogens (tertiary/aromatic N) is 1. The number of nitriles is 1. The summed E-state index contributed by atoms with van der Waals surface area (Å²) in [6.45, 7) is 0. The van der Waals surface area contributed by atoms with Gasteiger partial charge < -0.3 is 0 Å². The molecule has 0 amide bonds. The fourth-order valence-electron chi connectivity index (χ4n) is 0.0471. The Balaban J connectivity index is -0.000000150. The molecule has 80 valence electrons. The second-order valence-electron chi connectivity index (χ2n) is 1.05. The van der Waals surface area contributed by atoms with Crippen LogP contribution in [0.15, 0.2) is 0 Å². The van der Waals surface area contributed by atoms with Crippen molar-refractivity contribution in [3.63, 3.8) is 0 Å². The molecule has 0 radical (unpaired) electrons. The molecule has 0 bridgehead atoms. The Kier molecular flexibility index (Phi) is 9.95. The van der Waals surface area contributed by atoms with Gasteiger partial charge in [-0.1, -0.05) is 0 Å². The molecular weight excluding hydrogens is 274 g/mol. The van der Waals surface area contributed by atoms with E-state index in [2.05, 4.69) is 4.18 Å². The van der Waals surface area contributed by atoms with Crippen LogP contribution in [0.5, 0.6) is 0 Å². The van der Waals surface area contributed by atoms with Gasteiger partial charge in [-0.25, -0.2) is 0 Å². The molecule has 0 aliphatic carbocycles. The molecule has 0 saturated carbocycles. The van der Waals surface area contributed by atoms with Crippen LogP contribution in [0.25, 0.3) is 0 Å². The van der Waals surface area contributed by atoms with Gasteiger partial charge in [-0.15, -0.1) is 5.26 Å². The molecule has 9 nitrogen and oxygen atoms in total. The molecule has 0 aromatic heterocycles. The van der Waals surface area contributed by atoms with Crippen LogP contribution in [0, 0.1) is 11.5 Å². The quantitative estimate of drug-likeness (QED) is 0.298. The van der Waals surface area contributed by atoms with E-state index in [0.29, 0.717) is 0 Å². The second-order valence-corrected chi connectivity index (χ2v) is 2.97. The monoisotopic (exact) mass is 277 g/mol. The minimum Gasteiger partial charge on any atom is -0.281 e. The fraction of sp³-hybridized carbons (Fsp3) is 0. The summed E-state index contributed by atoms with van der Waals surface area (Å²) in [5.74, 6) is 0. The maximum Gasteiger partial charge on any atom is 0.456 e. The summed E-state index contributed by atoms with van der Waals surface area (Å²) >= 11 is 0. The molecule has 0 fully saturated rings. The summed E-state index contributed by atoms with van der Waals surface area (Å²) in [5.41, 5.74) is 0. The third-order valence-electron chi connectivity index (χ3n) is 0.143. The van der Waals surface area contributed by atoms with Crippen molar-refractivity contribution >= 4 is 20.8 Å². The van der Waals surface area contributed by atoms with Crippen molar-refractivity contribution in [2.75, 3.05) is 0 Å². The Morgan fingerprint density at radius 1 is 1.08 bits per heavy atom. The van der Waals surface area contributed by atoms with Crippen molar-refractivity contribution in [3.05, 3.63) is 0 Å². The molecule has 0 rings (SSSR count). The van der Waals surface area contributed by atoms with E-state index < -0.39 is 20.8 Å². The zero-order valence-corrected chi connectivity index (χ0v) is 8.24. The summed E-state index contributed by atoms with van der Waals surface area (Å²) < 4.78 is 60.9. The van der Waals surface area contributed by atoms with E-state index in [1.807, 2.05) is 0 Å². The Bertz CT molecular complexity index is 338. The van der Waals surface area contributed by atoms with Gasteiger partial charge in [-0.2, -0.15) is 16.8 Å². The summed E-state index contributed by atoms with van der Waals surface area (Å²) in [4.78, 5) is 0. The predicted octanol–water partition coefficient (Wildman–Crippen LogP) is -1.37. The molecule has 12 heteroatoms. The SMILES string of the molecule is N#COS(=O)(=O)O.O=S(=O)(O)O.[Fe]. The fourth-order valence-corrected chi connectivity index (χ4v) is 0.141. The first-order valence-corrected chi connectivity index (χ1v) is 4.57. The van der Waals surface area contributed by atoms with Gasteiger partial charge in [0, 0.05) is 17.1 Å². The van der Waals surface area contributed by atoms with Crippen LogP contribution >= 0.6 is 0 Å².